The van der Waals surface area contributed by atoms with Gasteiger partial charge in [-0.3, -0.25) is 0 Å². The van der Waals surface area contributed by atoms with Gasteiger partial charge in [-0.05, 0) is 51.0 Å². The summed E-state index contributed by atoms with van der Waals surface area (Å²) in [5.41, 5.74) is 3.54. The molecule has 1 heterocycles. The lowest BCUT2D eigenvalue weighted by Gasteiger charge is -2.38. The smallest absolute Gasteiger partial charge is 0.123 e. The van der Waals surface area contributed by atoms with Crippen LogP contribution in [0.2, 0.25) is 0 Å². The fourth-order valence-corrected chi connectivity index (χ4v) is 3.42. The van der Waals surface area contributed by atoms with Gasteiger partial charge in [0.05, 0.1) is 0 Å². The number of rotatable bonds is 2. The first kappa shape index (κ1) is 14.1. The van der Waals surface area contributed by atoms with E-state index in [2.05, 4.69) is 32.9 Å². The van der Waals surface area contributed by atoms with Crippen molar-refractivity contribution in [3.8, 4) is 0 Å². The molecule has 2 heteroatoms. The van der Waals surface area contributed by atoms with Gasteiger partial charge < -0.3 is 4.74 Å². The molecular formula is C19H21FO. The van der Waals surface area contributed by atoms with Crippen molar-refractivity contribution in [1.29, 1.82) is 0 Å². The maximum atomic E-state index is 13.4. The molecule has 110 valence electrons. The third kappa shape index (κ3) is 2.94. The highest BCUT2D eigenvalue weighted by Gasteiger charge is 2.33. The van der Waals surface area contributed by atoms with Gasteiger partial charge in [-0.25, -0.2) is 4.39 Å². The molecule has 3 rings (SSSR count). The van der Waals surface area contributed by atoms with Crippen molar-refractivity contribution < 1.29 is 9.13 Å². The molecule has 0 N–H and O–H groups in total. The predicted octanol–water partition coefficient (Wildman–Crippen LogP) is 4.95. The first-order chi connectivity index (χ1) is 9.94. The van der Waals surface area contributed by atoms with Crippen LogP contribution in [-0.4, -0.2) is 5.60 Å². The zero-order valence-electron chi connectivity index (χ0n) is 12.8. The third-order valence-electron chi connectivity index (χ3n) is 4.11. The maximum absolute atomic E-state index is 13.4. The average Bonchev–Trinajstić information content (AvgIpc) is 2.36. The van der Waals surface area contributed by atoms with Crippen molar-refractivity contribution in [2.75, 3.05) is 0 Å². The molecule has 0 aromatic heterocycles. The molecule has 0 amide bonds. The Labute approximate surface area is 125 Å². The number of benzene rings is 1. The van der Waals surface area contributed by atoms with E-state index < -0.39 is 0 Å². The molecule has 0 fully saturated rings. The van der Waals surface area contributed by atoms with Gasteiger partial charge in [0.25, 0.3) is 0 Å². The van der Waals surface area contributed by atoms with Crippen LogP contribution in [0, 0.1) is 11.7 Å². The molecule has 0 saturated heterocycles. The van der Waals surface area contributed by atoms with E-state index in [-0.39, 0.29) is 17.3 Å². The summed E-state index contributed by atoms with van der Waals surface area (Å²) in [6.07, 6.45) is 8.03. The minimum Gasteiger partial charge on any atom is -0.487 e. The summed E-state index contributed by atoms with van der Waals surface area (Å²) in [7, 11) is 0. The van der Waals surface area contributed by atoms with E-state index >= 15 is 0 Å². The van der Waals surface area contributed by atoms with Crippen molar-refractivity contribution in [1.82, 2.24) is 0 Å². The van der Waals surface area contributed by atoms with Gasteiger partial charge in [0.15, 0.2) is 0 Å². The van der Waals surface area contributed by atoms with Gasteiger partial charge in [0.2, 0.25) is 0 Å². The van der Waals surface area contributed by atoms with Gasteiger partial charge in [0.1, 0.15) is 17.2 Å². The Kier molecular flexibility index (Phi) is 3.48. The topological polar surface area (TPSA) is 9.23 Å². The van der Waals surface area contributed by atoms with Crippen LogP contribution < -0.4 is 0 Å². The lowest BCUT2D eigenvalue weighted by molar-refractivity contribution is 0.0279. The molecule has 0 saturated carbocycles. The Morgan fingerprint density at radius 2 is 2.14 bits per heavy atom. The molecule has 1 aromatic carbocycles. The van der Waals surface area contributed by atoms with Crippen molar-refractivity contribution in [2.45, 2.75) is 39.2 Å². The second-order valence-electron chi connectivity index (χ2n) is 6.59. The standard InChI is InChI=1S/C19H21FO/c1-13-12-19(2,3)21-17-9-5-7-15(18(13)17)10-14-6-4-8-16(20)11-14/h4-9,11,15H,10,12H2,1-3H3. The highest BCUT2D eigenvalue weighted by atomic mass is 19.1. The molecule has 0 bridgehead atoms. The first-order valence-electron chi connectivity index (χ1n) is 7.46. The zero-order chi connectivity index (χ0) is 15.0. The van der Waals surface area contributed by atoms with Gasteiger partial charge in [-0.2, -0.15) is 0 Å². The van der Waals surface area contributed by atoms with Gasteiger partial charge in [0, 0.05) is 17.9 Å². The Hall–Kier alpha value is -1.83. The molecule has 1 nitrogen and oxygen atoms in total. The monoisotopic (exact) mass is 284 g/mol. The molecule has 2 aliphatic rings. The minimum atomic E-state index is -0.171. The van der Waals surface area contributed by atoms with Crippen LogP contribution in [-0.2, 0) is 11.2 Å². The summed E-state index contributed by atoms with van der Waals surface area (Å²) >= 11 is 0. The van der Waals surface area contributed by atoms with Crippen LogP contribution in [0.4, 0.5) is 4.39 Å². The fraction of sp³-hybridized carbons (Fsp3) is 0.368. The fourth-order valence-electron chi connectivity index (χ4n) is 3.42. The second-order valence-corrected chi connectivity index (χ2v) is 6.59. The van der Waals surface area contributed by atoms with Crippen LogP contribution in [0.3, 0.4) is 0 Å². The molecule has 1 aliphatic carbocycles. The van der Waals surface area contributed by atoms with Crippen LogP contribution in [0.25, 0.3) is 0 Å². The van der Waals surface area contributed by atoms with E-state index in [4.69, 9.17) is 4.74 Å². The van der Waals surface area contributed by atoms with Crippen LogP contribution in [0.1, 0.15) is 32.8 Å². The molecule has 0 spiro atoms. The first-order valence-corrected chi connectivity index (χ1v) is 7.46. The molecule has 1 aromatic rings. The SMILES string of the molecule is CC1=C2C(=CC=CC2Cc2cccc(F)c2)OC(C)(C)C1. The Bertz CT molecular complexity index is 649. The molecule has 1 unspecified atom stereocenters. The lowest BCUT2D eigenvalue weighted by Crippen LogP contribution is -2.31. The van der Waals surface area contributed by atoms with E-state index in [1.54, 1.807) is 12.1 Å². The lowest BCUT2D eigenvalue weighted by atomic mass is 9.80. The van der Waals surface area contributed by atoms with E-state index in [0.717, 1.165) is 24.2 Å². The number of hydrogen-bond donors (Lipinski definition) is 0. The quantitative estimate of drug-likeness (QED) is 0.746. The highest BCUT2D eigenvalue weighted by Crippen LogP contribution is 2.41. The summed E-state index contributed by atoms with van der Waals surface area (Å²) in [6.45, 7) is 6.42. The summed E-state index contributed by atoms with van der Waals surface area (Å²) in [5.74, 6) is 1.07. The molecular weight excluding hydrogens is 263 g/mol. The van der Waals surface area contributed by atoms with E-state index in [9.17, 15) is 4.39 Å². The van der Waals surface area contributed by atoms with E-state index in [0.29, 0.717) is 0 Å². The van der Waals surface area contributed by atoms with Crippen LogP contribution in [0.5, 0.6) is 0 Å². The van der Waals surface area contributed by atoms with Gasteiger partial charge >= 0.3 is 0 Å². The van der Waals surface area contributed by atoms with Crippen molar-refractivity contribution >= 4 is 0 Å². The Balaban J connectivity index is 1.91. The summed E-state index contributed by atoms with van der Waals surface area (Å²) in [4.78, 5) is 0. The molecule has 1 aliphatic heterocycles. The maximum Gasteiger partial charge on any atom is 0.123 e. The van der Waals surface area contributed by atoms with Gasteiger partial charge in [-0.1, -0.05) is 29.9 Å². The number of allylic oxidation sites excluding steroid dienone is 4. The summed E-state index contributed by atoms with van der Waals surface area (Å²) in [6, 6.07) is 6.87. The highest BCUT2D eigenvalue weighted by molar-refractivity contribution is 5.44. The van der Waals surface area contributed by atoms with Crippen molar-refractivity contribution in [2.24, 2.45) is 5.92 Å². The zero-order valence-corrected chi connectivity index (χ0v) is 12.8. The molecule has 0 radical (unpaired) electrons. The molecule has 1 atom stereocenters. The average molecular weight is 284 g/mol. The minimum absolute atomic E-state index is 0.145. The van der Waals surface area contributed by atoms with E-state index in [1.165, 1.54) is 17.2 Å². The number of hydrogen-bond acceptors (Lipinski definition) is 1. The summed E-state index contributed by atoms with van der Waals surface area (Å²) < 4.78 is 19.5. The number of ether oxygens (including phenoxy) is 1. The van der Waals surface area contributed by atoms with Crippen LogP contribution in [0.15, 0.2) is 59.4 Å². The Morgan fingerprint density at radius 1 is 1.33 bits per heavy atom. The predicted molar refractivity (Wildman–Crippen MR) is 83.3 cm³/mol. The second kappa shape index (κ2) is 5.18. The number of halogens is 1. The van der Waals surface area contributed by atoms with Crippen LogP contribution >= 0.6 is 0 Å². The van der Waals surface area contributed by atoms with Crippen molar-refractivity contribution in [3.05, 3.63) is 70.8 Å². The largest absolute Gasteiger partial charge is 0.487 e. The molecule has 21 heavy (non-hydrogen) atoms. The van der Waals surface area contributed by atoms with Crippen molar-refractivity contribution in [3.63, 3.8) is 0 Å². The Morgan fingerprint density at radius 3 is 2.90 bits per heavy atom. The normalized spacial score (nSPS) is 23.4. The third-order valence-corrected chi connectivity index (χ3v) is 4.11. The van der Waals surface area contributed by atoms with E-state index in [1.807, 2.05) is 12.1 Å². The number of fused-ring (bicyclic) bond motifs is 1. The van der Waals surface area contributed by atoms with Gasteiger partial charge in [-0.15, -0.1) is 0 Å². The summed E-state index contributed by atoms with van der Waals surface area (Å²) in [5, 5.41) is 0.